The second-order valence-electron chi connectivity index (χ2n) is 7.69. The van der Waals surface area contributed by atoms with Crippen molar-refractivity contribution in [3.8, 4) is 11.3 Å². The molecule has 1 N–H and O–H groups in total. The van der Waals surface area contributed by atoms with Crippen LogP contribution in [0.25, 0.3) is 22.2 Å². The number of rotatable bonds is 5. The van der Waals surface area contributed by atoms with Crippen LogP contribution in [0.15, 0.2) is 76.7 Å². The normalized spacial score (nSPS) is 13.0. The first-order chi connectivity index (χ1) is 14.2. The van der Waals surface area contributed by atoms with Crippen molar-refractivity contribution in [3.05, 3.63) is 66.9 Å². The number of para-hydroxylation sites is 1. The van der Waals surface area contributed by atoms with Crippen LogP contribution in [-0.2, 0) is 0 Å². The predicted molar refractivity (Wildman–Crippen MR) is 122 cm³/mol. The van der Waals surface area contributed by atoms with Crippen LogP contribution in [0.4, 0.5) is 11.5 Å². The first-order valence-corrected chi connectivity index (χ1v) is 10.8. The molecule has 0 fully saturated rings. The lowest BCUT2D eigenvalue weighted by Crippen LogP contribution is -2.26. The topological polar surface area (TPSA) is 35.2 Å². The van der Waals surface area contributed by atoms with E-state index < -0.39 is 0 Å². The summed E-state index contributed by atoms with van der Waals surface area (Å²) in [5.41, 5.74) is 4.80. The minimum Gasteiger partial charge on any atom is -0.355 e. The monoisotopic (exact) mass is 400 g/mol. The van der Waals surface area contributed by atoms with Gasteiger partial charge in [-0.3, -0.25) is 0 Å². The molecule has 0 amide bonds. The van der Waals surface area contributed by atoms with Gasteiger partial charge in [-0.1, -0.05) is 36.0 Å². The number of pyridine rings is 1. The molecule has 0 spiro atoms. The van der Waals surface area contributed by atoms with E-state index in [1.165, 1.54) is 31.9 Å². The molecule has 4 nitrogen and oxygen atoms in total. The number of benzene rings is 2. The Kier molecular flexibility index (Phi) is 4.78. The number of nitrogens with one attached hydrogen (secondary N) is 1. The molecule has 0 unspecified atom stereocenters. The fraction of sp³-hybridized carbons (Fsp3) is 0.208. The van der Waals surface area contributed by atoms with Crippen LogP contribution >= 0.6 is 11.8 Å². The Morgan fingerprint density at radius 3 is 2.76 bits per heavy atom. The van der Waals surface area contributed by atoms with Crippen molar-refractivity contribution >= 4 is 34.2 Å². The third-order valence-corrected chi connectivity index (χ3v) is 6.39. The Hall–Kier alpha value is -2.76. The van der Waals surface area contributed by atoms with Gasteiger partial charge < -0.3 is 14.8 Å². The molecule has 5 rings (SSSR count). The molecule has 2 aromatic heterocycles. The maximum Gasteiger partial charge on any atom is 0.147 e. The van der Waals surface area contributed by atoms with Gasteiger partial charge in [0.1, 0.15) is 5.82 Å². The maximum absolute atomic E-state index is 4.69. The van der Waals surface area contributed by atoms with Crippen LogP contribution in [0.3, 0.4) is 0 Å². The first-order valence-electron chi connectivity index (χ1n) is 9.96. The van der Waals surface area contributed by atoms with Crippen molar-refractivity contribution in [2.75, 3.05) is 32.1 Å². The summed E-state index contributed by atoms with van der Waals surface area (Å²) in [6.45, 7) is 2.02. The van der Waals surface area contributed by atoms with Gasteiger partial charge in [-0.2, -0.15) is 0 Å². The average Bonchev–Trinajstić information content (AvgIpc) is 3.17. The SMILES string of the molecule is CN(C)CCCN1c2ccc(-c3cc4ccccc4[nH]3)cc2Sc2cccnc21. The van der Waals surface area contributed by atoms with E-state index in [0.29, 0.717) is 0 Å². The molecule has 0 saturated carbocycles. The van der Waals surface area contributed by atoms with Crippen LogP contribution < -0.4 is 4.90 Å². The zero-order valence-corrected chi connectivity index (χ0v) is 17.5. The zero-order valence-electron chi connectivity index (χ0n) is 16.7. The van der Waals surface area contributed by atoms with Gasteiger partial charge in [0.05, 0.1) is 10.6 Å². The van der Waals surface area contributed by atoms with Crippen molar-refractivity contribution in [3.63, 3.8) is 0 Å². The van der Waals surface area contributed by atoms with E-state index in [0.717, 1.165) is 31.0 Å². The molecule has 1 aliphatic heterocycles. The van der Waals surface area contributed by atoms with Gasteiger partial charge in [-0.25, -0.2) is 4.98 Å². The lowest BCUT2D eigenvalue weighted by atomic mass is 10.1. The summed E-state index contributed by atoms with van der Waals surface area (Å²) in [6.07, 6.45) is 2.99. The molecule has 1 aliphatic rings. The summed E-state index contributed by atoms with van der Waals surface area (Å²) in [5, 5.41) is 1.24. The van der Waals surface area contributed by atoms with Crippen molar-refractivity contribution in [1.29, 1.82) is 0 Å². The number of anilines is 2. The summed E-state index contributed by atoms with van der Waals surface area (Å²) in [4.78, 5) is 15.4. The summed E-state index contributed by atoms with van der Waals surface area (Å²) >= 11 is 1.81. The van der Waals surface area contributed by atoms with Gasteiger partial charge in [-0.05, 0) is 69.0 Å². The van der Waals surface area contributed by atoms with Crippen LogP contribution in [0.5, 0.6) is 0 Å². The Labute approximate surface area is 175 Å². The first kappa shape index (κ1) is 18.3. The molecule has 2 aromatic carbocycles. The quantitative estimate of drug-likeness (QED) is 0.460. The molecule has 0 atom stereocenters. The van der Waals surface area contributed by atoms with Crippen LogP contribution in [0.1, 0.15) is 6.42 Å². The number of H-pyrrole nitrogens is 1. The summed E-state index contributed by atoms with van der Waals surface area (Å²) in [5.74, 6) is 1.07. The van der Waals surface area contributed by atoms with E-state index in [-0.39, 0.29) is 0 Å². The smallest absolute Gasteiger partial charge is 0.147 e. The van der Waals surface area contributed by atoms with E-state index in [4.69, 9.17) is 4.98 Å². The number of nitrogens with zero attached hydrogens (tertiary/aromatic N) is 3. The lowest BCUT2D eigenvalue weighted by molar-refractivity contribution is 0.402. The second-order valence-corrected chi connectivity index (χ2v) is 8.77. The van der Waals surface area contributed by atoms with Crippen molar-refractivity contribution < 1.29 is 0 Å². The predicted octanol–water partition coefficient (Wildman–Crippen LogP) is 5.78. The molecule has 3 heterocycles. The number of hydrogen-bond acceptors (Lipinski definition) is 4. The van der Waals surface area contributed by atoms with E-state index >= 15 is 0 Å². The van der Waals surface area contributed by atoms with E-state index in [1.54, 1.807) is 0 Å². The third kappa shape index (κ3) is 3.52. The van der Waals surface area contributed by atoms with Gasteiger partial charge >= 0.3 is 0 Å². The van der Waals surface area contributed by atoms with Crippen molar-refractivity contribution in [2.24, 2.45) is 0 Å². The number of aromatic nitrogens is 2. The third-order valence-electron chi connectivity index (χ3n) is 5.31. The van der Waals surface area contributed by atoms with Gasteiger partial charge in [-0.15, -0.1) is 0 Å². The van der Waals surface area contributed by atoms with E-state index in [9.17, 15) is 0 Å². The molecule has 0 aliphatic carbocycles. The Bertz CT molecular complexity index is 1130. The minimum atomic E-state index is 0.960. The summed E-state index contributed by atoms with van der Waals surface area (Å²) in [7, 11) is 4.25. The molecule has 0 saturated heterocycles. The van der Waals surface area contributed by atoms with Crippen LogP contribution in [0, 0.1) is 0 Å². The Morgan fingerprint density at radius 2 is 1.90 bits per heavy atom. The highest BCUT2D eigenvalue weighted by Crippen LogP contribution is 2.48. The van der Waals surface area contributed by atoms with E-state index in [1.807, 2.05) is 24.0 Å². The van der Waals surface area contributed by atoms with Crippen molar-refractivity contribution in [2.45, 2.75) is 16.2 Å². The molecule has 5 heteroatoms. The Morgan fingerprint density at radius 1 is 1.00 bits per heavy atom. The van der Waals surface area contributed by atoms with Gasteiger partial charge in [0.15, 0.2) is 0 Å². The summed E-state index contributed by atoms with van der Waals surface area (Å²) in [6, 6.07) is 21.6. The highest BCUT2D eigenvalue weighted by molar-refractivity contribution is 7.99. The molecule has 0 radical (unpaired) electrons. The largest absolute Gasteiger partial charge is 0.355 e. The second kappa shape index (κ2) is 7.58. The van der Waals surface area contributed by atoms with Crippen molar-refractivity contribution in [1.82, 2.24) is 14.9 Å². The van der Waals surface area contributed by atoms with Gasteiger partial charge in [0, 0.05) is 34.2 Å². The molecular formula is C24H24N4S. The number of fused-ring (bicyclic) bond motifs is 3. The fourth-order valence-electron chi connectivity index (χ4n) is 3.88. The highest BCUT2D eigenvalue weighted by atomic mass is 32.2. The van der Waals surface area contributed by atoms with Gasteiger partial charge in [0.25, 0.3) is 0 Å². The minimum absolute atomic E-state index is 0.960. The number of aromatic amines is 1. The maximum atomic E-state index is 4.69. The number of hydrogen-bond donors (Lipinski definition) is 1. The van der Waals surface area contributed by atoms with Crippen LogP contribution in [0.2, 0.25) is 0 Å². The van der Waals surface area contributed by atoms with Crippen LogP contribution in [-0.4, -0.2) is 42.1 Å². The fourth-order valence-corrected chi connectivity index (χ4v) is 4.99. The highest BCUT2D eigenvalue weighted by Gasteiger charge is 2.24. The Balaban J connectivity index is 1.52. The lowest BCUT2D eigenvalue weighted by Gasteiger charge is -2.32. The van der Waals surface area contributed by atoms with E-state index in [2.05, 4.69) is 83.5 Å². The molecule has 146 valence electrons. The summed E-state index contributed by atoms with van der Waals surface area (Å²) < 4.78 is 0. The average molecular weight is 401 g/mol. The molecule has 0 bridgehead atoms. The molecular weight excluding hydrogens is 376 g/mol. The van der Waals surface area contributed by atoms with Gasteiger partial charge in [0.2, 0.25) is 0 Å². The zero-order chi connectivity index (χ0) is 19.8. The molecule has 4 aromatic rings. The standard InChI is InChI=1S/C24H24N4S/c1-27(2)13-6-14-28-21-11-10-18(20-15-17-7-3-4-8-19(17)26-20)16-23(21)29-22-9-5-12-25-24(22)28/h3-5,7-12,15-16,26H,6,13-14H2,1-2H3. The molecule has 29 heavy (non-hydrogen) atoms.